The van der Waals surface area contributed by atoms with Gasteiger partial charge in [0.25, 0.3) is 0 Å². The number of halogens is 4. The standard InChI is InChI=1S/C29H26BrF3N2O4S/c30-17-11-21(31)25-23(12-17)40-27(34-25)29(36)15-7-8-16(29)10-18(9-15)37-13-20-24(35-39-26(20)14-5-6-14)19-3-1-2-4-22(19)38-28(32)33/h1-4,11-12,14-16,18,28,36H,5-10,13H2/t15-,16+,18?,29?. The van der Waals surface area contributed by atoms with Crippen LogP contribution in [0.25, 0.3) is 21.5 Å². The molecule has 3 fully saturated rings. The van der Waals surface area contributed by atoms with Gasteiger partial charge in [-0.1, -0.05) is 33.2 Å². The molecule has 3 aliphatic carbocycles. The molecule has 0 radical (unpaired) electrons. The Morgan fingerprint density at radius 1 is 1.12 bits per heavy atom. The summed E-state index contributed by atoms with van der Waals surface area (Å²) in [5, 5.41) is 16.8. The van der Waals surface area contributed by atoms with E-state index in [1.807, 2.05) is 6.07 Å². The number of ether oxygens (including phenoxy) is 2. The van der Waals surface area contributed by atoms with E-state index in [-0.39, 0.29) is 41.7 Å². The molecule has 0 aliphatic heterocycles. The maximum Gasteiger partial charge on any atom is 0.387 e. The van der Waals surface area contributed by atoms with Crippen LogP contribution in [0.1, 0.15) is 60.8 Å². The van der Waals surface area contributed by atoms with Crippen LogP contribution in [-0.2, 0) is 16.9 Å². The average molecular weight is 636 g/mol. The lowest BCUT2D eigenvalue weighted by Gasteiger charge is -2.41. The molecular formula is C29H26BrF3N2O4S. The first kappa shape index (κ1) is 26.4. The summed E-state index contributed by atoms with van der Waals surface area (Å²) in [6, 6.07) is 9.78. The van der Waals surface area contributed by atoms with Crippen LogP contribution < -0.4 is 4.74 Å². The van der Waals surface area contributed by atoms with Crippen molar-refractivity contribution in [3.63, 3.8) is 0 Å². The van der Waals surface area contributed by atoms with Gasteiger partial charge in [-0.05, 0) is 74.6 Å². The minimum atomic E-state index is -2.96. The van der Waals surface area contributed by atoms with E-state index in [1.165, 1.54) is 23.5 Å². The Morgan fingerprint density at radius 3 is 2.60 bits per heavy atom. The van der Waals surface area contributed by atoms with E-state index in [0.29, 0.717) is 38.3 Å². The highest BCUT2D eigenvalue weighted by atomic mass is 79.9. The summed E-state index contributed by atoms with van der Waals surface area (Å²) < 4.78 is 59.0. The Morgan fingerprint density at radius 2 is 1.88 bits per heavy atom. The lowest BCUT2D eigenvalue weighted by molar-refractivity contribution is -0.116. The molecular weight excluding hydrogens is 609 g/mol. The van der Waals surface area contributed by atoms with Crippen LogP contribution in [0.4, 0.5) is 13.2 Å². The van der Waals surface area contributed by atoms with E-state index < -0.39 is 18.0 Å². The molecule has 3 aliphatic rings. The molecule has 11 heteroatoms. The van der Waals surface area contributed by atoms with Crippen molar-refractivity contribution in [3.05, 3.63) is 63.0 Å². The van der Waals surface area contributed by atoms with E-state index in [4.69, 9.17) is 14.0 Å². The first-order chi connectivity index (χ1) is 19.3. The summed E-state index contributed by atoms with van der Waals surface area (Å²) in [5.74, 6) is 0.488. The summed E-state index contributed by atoms with van der Waals surface area (Å²) in [6.45, 7) is -2.74. The van der Waals surface area contributed by atoms with Crippen molar-refractivity contribution in [2.45, 2.75) is 69.4 Å². The molecule has 0 saturated heterocycles. The van der Waals surface area contributed by atoms with E-state index in [0.717, 1.165) is 37.0 Å². The number of aliphatic hydroxyl groups is 1. The van der Waals surface area contributed by atoms with Gasteiger partial charge in [-0.15, -0.1) is 11.3 Å². The molecule has 4 aromatic rings. The molecule has 2 aromatic carbocycles. The third-order valence-corrected chi connectivity index (χ3v) is 10.1. The van der Waals surface area contributed by atoms with Gasteiger partial charge < -0.3 is 19.1 Å². The molecule has 1 N–H and O–H groups in total. The number of alkyl halides is 2. The lowest BCUT2D eigenvalue weighted by atomic mass is 9.73. The molecule has 2 bridgehead atoms. The third kappa shape index (κ3) is 4.55. The summed E-state index contributed by atoms with van der Waals surface area (Å²) in [6.07, 6.45) is 4.81. The molecule has 2 aromatic heterocycles. The van der Waals surface area contributed by atoms with Gasteiger partial charge in [0.05, 0.1) is 17.4 Å². The molecule has 2 unspecified atom stereocenters. The van der Waals surface area contributed by atoms with Crippen LogP contribution in [0, 0.1) is 17.7 Å². The number of benzene rings is 2. The Hall–Kier alpha value is -2.47. The minimum Gasteiger partial charge on any atom is -0.434 e. The van der Waals surface area contributed by atoms with Crippen molar-refractivity contribution < 1.29 is 32.3 Å². The van der Waals surface area contributed by atoms with Crippen molar-refractivity contribution in [1.82, 2.24) is 10.1 Å². The zero-order valence-corrected chi connectivity index (χ0v) is 23.7. The van der Waals surface area contributed by atoms with Crippen molar-refractivity contribution in [2.24, 2.45) is 11.8 Å². The Labute approximate surface area is 240 Å². The first-order valence-electron chi connectivity index (χ1n) is 13.4. The fourth-order valence-electron chi connectivity index (χ4n) is 6.52. The van der Waals surface area contributed by atoms with Gasteiger partial charge in [-0.3, -0.25) is 0 Å². The highest BCUT2D eigenvalue weighted by molar-refractivity contribution is 9.10. The van der Waals surface area contributed by atoms with E-state index in [1.54, 1.807) is 18.2 Å². The largest absolute Gasteiger partial charge is 0.434 e. The van der Waals surface area contributed by atoms with Gasteiger partial charge in [0.2, 0.25) is 0 Å². The second-order valence-electron chi connectivity index (χ2n) is 11.0. The maximum atomic E-state index is 14.6. The summed E-state index contributed by atoms with van der Waals surface area (Å²) >= 11 is 4.69. The van der Waals surface area contributed by atoms with Gasteiger partial charge in [0.15, 0.2) is 5.82 Å². The van der Waals surface area contributed by atoms with Crippen molar-refractivity contribution >= 4 is 37.5 Å². The first-order valence-corrected chi connectivity index (χ1v) is 15.0. The number of thiazole rings is 1. The van der Waals surface area contributed by atoms with Crippen molar-refractivity contribution in [3.8, 4) is 17.0 Å². The summed E-state index contributed by atoms with van der Waals surface area (Å²) in [5.41, 5.74) is 0.822. The smallest absolute Gasteiger partial charge is 0.387 e. The van der Waals surface area contributed by atoms with E-state index >= 15 is 0 Å². The van der Waals surface area contributed by atoms with Gasteiger partial charge in [-0.25, -0.2) is 9.37 Å². The van der Waals surface area contributed by atoms with Crippen molar-refractivity contribution in [1.29, 1.82) is 0 Å². The SMILES string of the molecule is OC1(c2nc3c(F)cc(Br)cc3s2)[C@@H]2CC[C@H]1CC(OCc1c(-c3ccccc3OC(F)F)noc1C1CC1)C2. The van der Waals surface area contributed by atoms with Crippen LogP contribution in [0.2, 0.25) is 0 Å². The van der Waals surface area contributed by atoms with Crippen molar-refractivity contribution in [2.75, 3.05) is 0 Å². The fraction of sp³-hybridized carbons (Fsp3) is 0.448. The van der Waals surface area contributed by atoms with E-state index in [9.17, 15) is 18.3 Å². The molecule has 4 atom stereocenters. The average Bonchev–Trinajstić information content (AvgIpc) is 3.49. The van der Waals surface area contributed by atoms with Crippen LogP contribution >= 0.6 is 27.3 Å². The summed E-state index contributed by atoms with van der Waals surface area (Å²) in [4.78, 5) is 4.56. The van der Waals surface area contributed by atoms with Crippen LogP contribution in [-0.4, -0.2) is 28.0 Å². The molecule has 2 heterocycles. The quantitative estimate of drug-likeness (QED) is 0.212. The predicted octanol–water partition coefficient (Wildman–Crippen LogP) is 7.92. The van der Waals surface area contributed by atoms with E-state index in [2.05, 4.69) is 26.1 Å². The second kappa shape index (κ2) is 10.1. The second-order valence-corrected chi connectivity index (χ2v) is 12.9. The maximum absolute atomic E-state index is 14.6. The van der Waals surface area contributed by atoms with Gasteiger partial charge in [0.1, 0.15) is 33.3 Å². The number of hydrogen-bond donors (Lipinski definition) is 1. The highest BCUT2D eigenvalue weighted by Gasteiger charge is 2.56. The predicted molar refractivity (Wildman–Crippen MR) is 146 cm³/mol. The molecule has 6 nitrogen and oxygen atoms in total. The third-order valence-electron chi connectivity index (χ3n) is 8.55. The molecule has 3 saturated carbocycles. The summed E-state index contributed by atoms with van der Waals surface area (Å²) in [7, 11) is 0. The monoisotopic (exact) mass is 634 g/mol. The fourth-order valence-corrected chi connectivity index (χ4v) is 8.37. The molecule has 210 valence electrons. The van der Waals surface area contributed by atoms with Crippen LogP contribution in [0.15, 0.2) is 45.4 Å². The zero-order valence-electron chi connectivity index (χ0n) is 21.3. The lowest BCUT2D eigenvalue weighted by Crippen LogP contribution is -2.44. The number of para-hydroxylation sites is 1. The number of hydrogen-bond acceptors (Lipinski definition) is 7. The Bertz CT molecular complexity index is 1560. The highest BCUT2D eigenvalue weighted by Crippen LogP contribution is 2.57. The number of rotatable bonds is 8. The van der Waals surface area contributed by atoms with Crippen LogP contribution in [0.3, 0.4) is 0 Å². The van der Waals surface area contributed by atoms with Gasteiger partial charge >= 0.3 is 6.61 Å². The minimum absolute atomic E-state index is 0.0365. The molecule has 0 amide bonds. The Balaban J connectivity index is 1.13. The molecule has 40 heavy (non-hydrogen) atoms. The van der Waals surface area contributed by atoms with Gasteiger partial charge in [-0.2, -0.15) is 8.78 Å². The van der Waals surface area contributed by atoms with Gasteiger partial charge in [0, 0.05) is 21.5 Å². The molecule has 7 rings (SSSR count). The normalized spacial score (nSPS) is 26.2. The number of aromatic nitrogens is 2. The number of nitrogens with zero attached hydrogens (tertiary/aromatic N) is 2. The molecule has 0 spiro atoms. The number of fused-ring (bicyclic) bond motifs is 3. The Kier molecular flexibility index (Phi) is 6.68. The zero-order chi connectivity index (χ0) is 27.6. The topological polar surface area (TPSA) is 77.6 Å². The van der Waals surface area contributed by atoms with Crippen LogP contribution in [0.5, 0.6) is 5.75 Å².